The molecule has 1 aromatic heterocycles. The molecule has 1 amide bonds. The number of carbonyl (C=O) groups excluding carboxylic acids is 2. The number of rotatable bonds is 6. The highest BCUT2D eigenvalue weighted by molar-refractivity contribution is 7.10. The van der Waals surface area contributed by atoms with E-state index in [-0.39, 0.29) is 5.92 Å². The van der Waals surface area contributed by atoms with Gasteiger partial charge in [-0.1, -0.05) is 54.6 Å². The molecule has 1 aliphatic rings. The van der Waals surface area contributed by atoms with Crippen molar-refractivity contribution in [2.45, 2.75) is 5.92 Å². The van der Waals surface area contributed by atoms with E-state index in [0.717, 1.165) is 5.01 Å². The molecular weight excluding hydrogens is 372 g/mol. The summed E-state index contributed by atoms with van der Waals surface area (Å²) >= 11 is 1.37. The number of aromatic nitrogens is 1. The van der Waals surface area contributed by atoms with Crippen LogP contribution in [-0.2, 0) is 4.74 Å². The standard InChI is InChI=1S/C22H18N2O3S/c25-12-15-14-28-21(24-15)10-5-11-23-22(26)27-13-20-18-8-3-1-6-16(18)17-7-2-4-9-19(17)20/h1-10,12,14,20H,11,13H2,(H,23,26). The van der Waals surface area contributed by atoms with Crippen LogP contribution in [0.25, 0.3) is 17.2 Å². The number of amides is 1. The second-order valence-corrected chi connectivity index (χ2v) is 7.23. The molecule has 2 aromatic carbocycles. The smallest absolute Gasteiger partial charge is 0.407 e. The highest BCUT2D eigenvalue weighted by Crippen LogP contribution is 2.44. The lowest BCUT2D eigenvalue weighted by Crippen LogP contribution is -2.26. The quantitative estimate of drug-likeness (QED) is 0.629. The summed E-state index contributed by atoms with van der Waals surface area (Å²) in [5.41, 5.74) is 5.19. The van der Waals surface area contributed by atoms with Crippen molar-refractivity contribution < 1.29 is 14.3 Å². The lowest BCUT2D eigenvalue weighted by molar-refractivity contribution is 0.111. The zero-order valence-corrected chi connectivity index (χ0v) is 15.8. The summed E-state index contributed by atoms with van der Waals surface area (Å²) in [4.78, 5) is 26.8. The van der Waals surface area contributed by atoms with Crippen molar-refractivity contribution in [3.63, 3.8) is 0 Å². The first-order chi connectivity index (χ1) is 13.8. The van der Waals surface area contributed by atoms with Gasteiger partial charge < -0.3 is 10.1 Å². The van der Waals surface area contributed by atoms with E-state index in [1.54, 1.807) is 17.5 Å². The maximum atomic E-state index is 12.1. The maximum Gasteiger partial charge on any atom is 0.407 e. The minimum Gasteiger partial charge on any atom is -0.449 e. The third-order valence-corrected chi connectivity index (χ3v) is 5.46. The molecule has 28 heavy (non-hydrogen) atoms. The molecule has 0 fully saturated rings. The van der Waals surface area contributed by atoms with Crippen molar-refractivity contribution in [1.82, 2.24) is 10.3 Å². The van der Waals surface area contributed by atoms with Gasteiger partial charge in [0.2, 0.25) is 0 Å². The number of aldehydes is 1. The first kappa shape index (κ1) is 18.1. The van der Waals surface area contributed by atoms with Gasteiger partial charge in [0, 0.05) is 17.8 Å². The summed E-state index contributed by atoms with van der Waals surface area (Å²) in [7, 11) is 0. The van der Waals surface area contributed by atoms with Crippen LogP contribution in [0.15, 0.2) is 60.0 Å². The molecule has 6 heteroatoms. The van der Waals surface area contributed by atoms with Gasteiger partial charge in [-0.05, 0) is 28.3 Å². The molecule has 3 aromatic rings. The van der Waals surface area contributed by atoms with Crippen LogP contribution in [0.2, 0.25) is 0 Å². The number of nitrogens with one attached hydrogen (secondary N) is 1. The molecule has 5 nitrogen and oxygen atoms in total. The van der Waals surface area contributed by atoms with Gasteiger partial charge in [0.1, 0.15) is 17.3 Å². The lowest BCUT2D eigenvalue weighted by Gasteiger charge is -2.14. The molecule has 1 N–H and O–H groups in total. The summed E-state index contributed by atoms with van der Waals surface area (Å²) < 4.78 is 5.47. The van der Waals surface area contributed by atoms with Gasteiger partial charge in [-0.2, -0.15) is 0 Å². The van der Waals surface area contributed by atoms with Gasteiger partial charge in [-0.15, -0.1) is 11.3 Å². The fourth-order valence-electron chi connectivity index (χ4n) is 3.38. The lowest BCUT2D eigenvalue weighted by atomic mass is 9.98. The van der Waals surface area contributed by atoms with Crippen LogP contribution in [0.3, 0.4) is 0 Å². The topological polar surface area (TPSA) is 68.3 Å². The van der Waals surface area contributed by atoms with Crippen LogP contribution in [0.4, 0.5) is 4.79 Å². The van der Waals surface area contributed by atoms with E-state index in [4.69, 9.17) is 4.74 Å². The third kappa shape index (κ3) is 3.73. The number of benzene rings is 2. The molecule has 140 valence electrons. The summed E-state index contributed by atoms with van der Waals surface area (Å²) in [6.45, 7) is 0.616. The minimum atomic E-state index is -0.459. The Kier molecular flexibility index (Phi) is 5.30. The predicted molar refractivity (Wildman–Crippen MR) is 110 cm³/mol. The van der Waals surface area contributed by atoms with E-state index in [2.05, 4.69) is 34.6 Å². The molecule has 0 spiro atoms. The largest absolute Gasteiger partial charge is 0.449 e. The maximum absolute atomic E-state index is 12.1. The fourth-order valence-corrected chi connectivity index (χ4v) is 4.07. The molecule has 0 saturated carbocycles. The van der Waals surface area contributed by atoms with Crippen molar-refractivity contribution in [1.29, 1.82) is 0 Å². The number of ether oxygens (including phenoxy) is 1. The van der Waals surface area contributed by atoms with E-state index in [1.165, 1.54) is 33.6 Å². The number of hydrogen-bond donors (Lipinski definition) is 1. The second kappa shape index (κ2) is 8.19. The van der Waals surface area contributed by atoms with Crippen LogP contribution < -0.4 is 5.32 Å². The van der Waals surface area contributed by atoms with Crippen LogP contribution in [0.1, 0.15) is 32.5 Å². The molecule has 0 bridgehead atoms. The molecular formula is C22H18N2O3S. The highest BCUT2D eigenvalue weighted by Gasteiger charge is 2.28. The van der Waals surface area contributed by atoms with Crippen LogP contribution in [-0.4, -0.2) is 30.5 Å². The number of hydrogen-bond acceptors (Lipinski definition) is 5. The van der Waals surface area contributed by atoms with Crippen molar-refractivity contribution in [3.8, 4) is 11.1 Å². The van der Waals surface area contributed by atoms with E-state index >= 15 is 0 Å². The number of alkyl carbamates (subject to hydrolysis) is 1. The fraction of sp³-hybridized carbons (Fsp3) is 0.136. The van der Waals surface area contributed by atoms with E-state index in [1.807, 2.05) is 24.3 Å². The van der Waals surface area contributed by atoms with Crippen LogP contribution in [0, 0.1) is 0 Å². The third-order valence-electron chi connectivity index (χ3n) is 4.63. The van der Waals surface area contributed by atoms with Crippen molar-refractivity contribution in [2.24, 2.45) is 0 Å². The highest BCUT2D eigenvalue weighted by atomic mass is 32.1. The Bertz CT molecular complexity index is 996. The first-order valence-electron chi connectivity index (χ1n) is 8.92. The van der Waals surface area contributed by atoms with E-state index < -0.39 is 6.09 Å². The van der Waals surface area contributed by atoms with Gasteiger partial charge in [-0.25, -0.2) is 9.78 Å². The Labute approximate surface area is 166 Å². The Morgan fingerprint density at radius 2 is 1.79 bits per heavy atom. The zero-order chi connectivity index (χ0) is 19.3. The number of nitrogens with zero attached hydrogens (tertiary/aromatic N) is 1. The van der Waals surface area contributed by atoms with Crippen molar-refractivity contribution in [3.05, 3.63) is 81.8 Å². The molecule has 0 saturated heterocycles. The van der Waals surface area contributed by atoms with Crippen LogP contribution in [0.5, 0.6) is 0 Å². The predicted octanol–water partition coefficient (Wildman–Crippen LogP) is 4.51. The zero-order valence-electron chi connectivity index (χ0n) is 15.0. The molecule has 0 atom stereocenters. The minimum absolute atomic E-state index is 0.0470. The Morgan fingerprint density at radius 1 is 1.11 bits per heavy atom. The monoisotopic (exact) mass is 390 g/mol. The normalized spacial score (nSPS) is 12.6. The van der Waals surface area contributed by atoms with E-state index in [9.17, 15) is 9.59 Å². The van der Waals surface area contributed by atoms with Crippen molar-refractivity contribution >= 4 is 29.8 Å². The molecule has 1 aliphatic carbocycles. The SMILES string of the molecule is O=Cc1csc(C=CCNC(=O)OCC2c3ccccc3-c3ccccc32)n1. The second-order valence-electron chi connectivity index (χ2n) is 6.34. The summed E-state index contributed by atoms with van der Waals surface area (Å²) in [5, 5.41) is 5.11. The van der Waals surface area contributed by atoms with Gasteiger partial charge >= 0.3 is 6.09 Å². The first-order valence-corrected chi connectivity index (χ1v) is 9.80. The van der Waals surface area contributed by atoms with E-state index in [0.29, 0.717) is 25.1 Å². The molecule has 4 rings (SSSR count). The summed E-state index contributed by atoms with van der Waals surface area (Å²) in [6, 6.07) is 16.5. The number of carbonyl (C=O) groups is 2. The summed E-state index contributed by atoms with van der Waals surface area (Å²) in [5.74, 6) is 0.0470. The van der Waals surface area contributed by atoms with Gasteiger partial charge in [-0.3, -0.25) is 4.79 Å². The average Bonchev–Trinajstić information content (AvgIpc) is 3.32. The molecule has 0 radical (unpaired) electrons. The molecule has 0 unspecified atom stereocenters. The van der Waals surface area contributed by atoms with Gasteiger partial charge in [0.15, 0.2) is 6.29 Å². The molecule has 0 aliphatic heterocycles. The Balaban J connectivity index is 1.33. The van der Waals surface area contributed by atoms with Gasteiger partial charge in [0.25, 0.3) is 0 Å². The van der Waals surface area contributed by atoms with Crippen LogP contribution >= 0.6 is 11.3 Å². The van der Waals surface area contributed by atoms with Crippen molar-refractivity contribution in [2.75, 3.05) is 13.2 Å². The Hall–Kier alpha value is -3.25. The summed E-state index contributed by atoms with van der Waals surface area (Å²) in [6.07, 6.45) is 3.79. The Morgan fingerprint density at radius 3 is 2.43 bits per heavy atom. The number of fused-ring (bicyclic) bond motifs is 3. The average molecular weight is 390 g/mol. The molecule has 1 heterocycles. The number of thiazole rings is 1. The van der Waals surface area contributed by atoms with Gasteiger partial charge in [0.05, 0.1) is 0 Å².